The minimum atomic E-state index is 0.261. The molecular formula is C7H11NOS. The first-order valence-electron chi connectivity index (χ1n) is 3.30. The number of anilines is 1. The monoisotopic (exact) mass is 157 g/mol. The van der Waals surface area contributed by atoms with E-state index in [4.69, 9.17) is 5.11 Å². The van der Waals surface area contributed by atoms with Crippen molar-refractivity contribution in [1.82, 2.24) is 0 Å². The van der Waals surface area contributed by atoms with E-state index in [0.717, 1.165) is 18.7 Å². The maximum absolute atomic E-state index is 8.46. The zero-order valence-electron chi connectivity index (χ0n) is 5.71. The lowest BCUT2D eigenvalue weighted by Gasteiger charge is -1.99. The van der Waals surface area contributed by atoms with Crippen molar-refractivity contribution in [2.75, 3.05) is 18.5 Å². The Labute approximate surface area is 64.5 Å². The standard InChI is InChI=1S/C7H11NOS/c9-4-1-3-8-7-2-5-10-6-7/h2,5-6,8-9H,1,3-4H2. The van der Waals surface area contributed by atoms with E-state index in [2.05, 4.69) is 10.7 Å². The van der Waals surface area contributed by atoms with Gasteiger partial charge in [0.1, 0.15) is 0 Å². The number of aliphatic hydroxyl groups excluding tert-OH is 1. The maximum Gasteiger partial charge on any atom is 0.0448 e. The van der Waals surface area contributed by atoms with Gasteiger partial charge in [0.25, 0.3) is 0 Å². The van der Waals surface area contributed by atoms with Crippen LogP contribution < -0.4 is 5.32 Å². The van der Waals surface area contributed by atoms with Gasteiger partial charge in [-0.25, -0.2) is 0 Å². The summed E-state index contributed by atoms with van der Waals surface area (Å²) in [5, 5.41) is 15.7. The fourth-order valence-electron chi connectivity index (χ4n) is 0.677. The van der Waals surface area contributed by atoms with Crippen LogP contribution in [0.4, 0.5) is 5.69 Å². The van der Waals surface area contributed by atoms with E-state index in [1.165, 1.54) is 0 Å². The van der Waals surface area contributed by atoms with Crippen molar-refractivity contribution >= 4 is 17.0 Å². The molecule has 0 aromatic carbocycles. The van der Waals surface area contributed by atoms with Crippen LogP contribution in [0.1, 0.15) is 6.42 Å². The predicted octanol–water partition coefficient (Wildman–Crippen LogP) is 1.54. The molecule has 56 valence electrons. The largest absolute Gasteiger partial charge is 0.396 e. The van der Waals surface area contributed by atoms with E-state index in [1.807, 2.05) is 11.4 Å². The van der Waals surface area contributed by atoms with Gasteiger partial charge < -0.3 is 10.4 Å². The molecule has 1 heterocycles. The van der Waals surface area contributed by atoms with Gasteiger partial charge in [-0.2, -0.15) is 11.3 Å². The average Bonchev–Trinajstić information content (AvgIpc) is 2.41. The van der Waals surface area contributed by atoms with Crippen LogP contribution in [0.5, 0.6) is 0 Å². The lowest BCUT2D eigenvalue weighted by Crippen LogP contribution is -2.01. The summed E-state index contributed by atoms with van der Waals surface area (Å²) in [5.41, 5.74) is 1.15. The minimum Gasteiger partial charge on any atom is -0.396 e. The molecule has 1 rings (SSSR count). The topological polar surface area (TPSA) is 32.3 Å². The van der Waals surface area contributed by atoms with Crippen LogP contribution in [0, 0.1) is 0 Å². The van der Waals surface area contributed by atoms with E-state index in [-0.39, 0.29) is 6.61 Å². The van der Waals surface area contributed by atoms with E-state index in [1.54, 1.807) is 11.3 Å². The number of thiophene rings is 1. The highest BCUT2D eigenvalue weighted by atomic mass is 32.1. The molecule has 1 aromatic heterocycles. The van der Waals surface area contributed by atoms with Gasteiger partial charge in [-0.15, -0.1) is 0 Å². The Hall–Kier alpha value is -0.540. The van der Waals surface area contributed by atoms with Gasteiger partial charge in [-0.1, -0.05) is 0 Å². The number of rotatable bonds is 4. The molecule has 1 aromatic rings. The van der Waals surface area contributed by atoms with E-state index in [0.29, 0.717) is 0 Å². The van der Waals surface area contributed by atoms with Crippen molar-refractivity contribution in [2.45, 2.75) is 6.42 Å². The van der Waals surface area contributed by atoms with Crippen LogP contribution >= 0.6 is 11.3 Å². The quantitative estimate of drug-likeness (QED) is 0.650. The highest BCUT2D eigenvalue weighted by molar-refractivity contribution is 7.08. The van der Waals surface area contributed by atoms with E-state index in [9.17, 15) is 0 Å². The molecule has 2 N–H and O–H groups in total. The van der Waals surface area contributed by atoms with Crippen molar-refractivity contribution in [3.8, 4) is 0 Å². The first-order valence-corrected chi connectivity index (χ1v) is 4.24. The van der Waals surface area contributed by atoms with Gasteiger partial charge in [-0.3, -0.25) is 0 Å². The van der Waals surface area contributed by atoms with Gasteiger partial charge >= 0.3 is 0 Å². The Kier molecular flexibility index (Phi) is 3.26. The molecular weight excluding hydrogens is 146 g/mol. The van der Waals surface area contributed by atoms with Crippen molar-refractivity contribution in [2.24, 2.45) is 0 Å². The van der Waals surface area contributed by atoms with Crippen molar-refractivity contribution in [3.05, 3.63) is 16.8 Å². The third-order valence-electron chi connectivity index (χ3n) is 1.19. The van der Waals surface area contributed by atoms with Crippen molar-refractivity contribution < 1.29 is 5.11 Å². The second kappa shape index (κ2) is 4.30. The number of hydrogen-bond acceptors (Lipinski definition) is 3. The van der Waals surface area contributed by atoms with Crippen LogP contribution in [0.2, 0.25) is 0 Å². The Morgan fingerprint density at radius 3 is 3.10 bits per heavy atom. The zero-order valence-corrected chi connectivity index (χ0v) is 6.53. The predicted molar refractivity (Wildman–Crippen MR) is 44.5 cm³/mol. The summed E-state index contributed by atoms with van der Waals surface area (Å²) in [6.07, 6.45) is 0.815. The van der Waals surface area contributed by atoms with E-state index >= 15 is 0 Å². The Balaban J connectivity index is 2.15. The molecule has 0 spiro atoms. The molecule has 0 unspecified atom stereocenters. The number of aliphatic hydroxyl groups is 1. The van der Waals surface area contributed by atoms with Crippen molar-refractivity contribution in [1.29, 1.82) is 0 Å². The summed E-state index contributed by atoms with van der Waals surface area (Å²) in [6.45, 7) is 1.12. The summed E-state index contributed by atoms with van der Waals surface area (Å²) in [6, 6.07) is 2.03. The first-order chi connectivity index (χ1) is 4.93. The normalized spacial score (nSPS) is 9.70. The molecule has 2 nitrogen and oxygen atoms in total. The number of hydrogen-bond donors (Lipinski definition) is 2. The summed E-state index contributed by atoms with van der Waals surface area (Å²) in [7, 11) is 0. The molecule has 0 saturated carbocycles. The zero-order chi connectivity index (χ0) is 7.23. The van der Waals surface area contributed by atoms with Gasteiger partial charge in [0.2, 0.25) is 0 Å². The van der Waals surface area contributed by atoms with Crippen LogP contribution in [-0.4, -0.2) is 18.3 Å². The van der Waals surface area contributed by atoms with Gasteiger partial charge in [0, 0.05) is 24.2 Å². The van der Waals surface area contributed by atoms with Crippen molar-refractivity contribution in [3.63, 3.8) is 0 Å². The third kappa shape index (κ3) is 2.37. The summed E-state index contributed by atoms with van der Waals surface area (Å²) in [5.74, 6) is 0. The molecule has 0 radical (unpaired) electrons. The molecule has 0 aliphatic rings. The second-order valence-corrected chi connectivity index (χ2v) is 2.80. The highest BCUT2D eigenvalue weighted by Gasteiger charge is 1.88. The third-order valence-corrected chi connectivity index (χ3v) is 1.87. The molecule has 0 saturated heterocycles. The van der Waals surface area contributed by atoms with E-state index < -0.39 is 0 Å². The lowest BCUT2D eigenvalue weighted by atomic mass is 10.4. The van der Waals surface area contributed by atoms with Crippen LogP contribution in [-0.2, 0) is 0 Å². The SMILES string of the molecule is OCCCNc1ccsc1. The molecule has 0 amide bonds. The molecule has 0 fully saturated rings. The number of nitrogens with one attached hydrogen (secondary N) is 1. The first kappa shape index (κ1) is 7.57. The molecule has 0 aliphatic heterocycles. The molecule has 0 bridgehead atoms. The summed E-state index contributed by atoms with van der Waals surface area (Å²) < 4.78 is 0. The Bertz CT molecular complexity index is 162. The molecule has 10 heavy (non-hydrogen) atoms. The fourth-order valence-corrected chi connectivity index (χ4v) is 1.29. The van der Waals surface area contributed by atoms with Gasteiger partial charge in [0.15, 0.2) is 0 Å². The summed E-state index contributed by atoms with van der Waals surface area (Å²) in [4.78, 5) is 0. The maximum atomic E-state index is 8.46. The summed E-state index contributed by atoms with van der Waals surface area (Å²) >= 11 is 1.67. The highest BCUT2D eigenvalue weighted by Crippen LogP contribution is 2.10. The fraction of sp³-hybridized carbons (Fsp3) is 0.429. The average molecular weight is 157 g/mol. The molecule has 0 atom stereocenters. The second-order valence-electron chi connectivity index (χ2n) is 2.02. The van der Waals surface area contributed by atoms with Crippen LogP contribution in [0.25, 0.3) is 0 Å². The van der Waals surface area contributed by atoms with Crippen LogP contribution in [0.3, 0.4) is 0 Å². The minimum absolute atomic E-state index is 0.261. The van der Waals surface area contributed by atoms with Gasteiger partial charge in [0.05, 0.1) is 0 Å². The smallest absolute Gasteiger partial charge is 0.0448 e. The van der Waals surface area contributed by atoms with Crippen LogP contribution in [0.15, 0.2) is 16.8 Å². The molecule has 3 heteroatoms. The molecule has 0 aliphatic carbocycles. The lowest BCUT2D eigenvalue weighted by molar-refractivity contribution is 0.292. The van der Waals surface area contributed by atoms with Gasteiger partial charge in [-0.05, 0) is 17.9 Å². The Morgan fingerprint density at radius 1 is 1.60 bits per heavy atom. The Morgan fingerprint density at radius 2 is 2.50 bits per heavy atom.